The largest absolute Gasteiger partial charge is 0.458 e. The molecule has 2 aromatic carbocycles. The van der Waals surface area contributed by atoms with Gasteiger partial charge in [0.2, 0.25) is 29.5 Å². The molecule has 3 aliphatic rings. The van der Waals surface area contributed by atoms with E-state index in [0.717, 1.165) is 20.6 Å². The highest BCUT2D eigenvalue weighted by Gasteiger charge is 2.47. The molecule has 7 amide bonds. The molecule has 3 saturated heterocycles. The molecule has 0 aliphatic carbocycles. The molecular weight excluding hydrogens is 875 g/mol. The van der Waals surface area contributed by atoms with Crippen LogP contribution in [-0.2, 0) is 39.9 Å². The lowest BCUT2D eigenvalue weighted by Crippen LogP contribution is -2.63. The maximum absolute atomic E-state index is 14.6. The van der Waals surface area contributed by atoms with E-state index < -0.39 is 108 Å². The number of aliphatic hydroxyl groups excluding tert-OH is 1. The van der Waals surface area contributed by atoms with Gasteiger partial charge < -0.3 is 45.8 Å². The van der Waals surface area contributed by atoms with Crippen LogP contribution in [0.4, 0.5) is 19.3 Å². The highest BCUT2D eigenvalue weighted by Crippen LogP contribution is 2.27. The average molecular weight is 924 g/mol. The van der Waals surface area contributed by atoms with Gasteiger partial charge in [-0.25, -0.2) is 18.4 Å². The lowest BCUT2D eigenvalue weighted by molar-refractivity contribution is -0.163. The number of esters is 1. The molecule has 16 nitrogen and oxygen atoms in total. The Labute approximate surface area is 347 Å². The van der Waals surface area contributed by atoms with Crippen LogP contribution in [0.5, 0.6) is 0 Å². The number of nitrogens with one attached hydrogen (secondary N) is 4. The lowest BCUT2D eigenvalue weighted by Gasteiger charge is -2.37. The number of rotatable bonds is 7. The summed E-state index contributed by atoms with van der Waals surface area (Å²) < 4.78 is 35.3. The van der Waals surface area contributed by atoms with Gasteiger partial charge in [0.05, 0.1) is 6.10 Å². The van der Waals surface area contributed by atoms with Gasteiger partial charge in [0.1, 0.15) is 54.0 Å². The fourth-order valence-electron chi connectivity index (χ4n) is 7.67. The van der Waals surface area contributed by atoms with E-state index in [2.05, 4.69) is 43.9 Å². The fourth-order valence-corrected chi connectivity index (χ4v) is 8.03. The fraction of sp³-hybridized carbons (Fsp3) is 0.513. The van der Waals surface area contributed by atoms with Gasteiger partial charge in [-0.3, -0.25) is 24.0 Å². The number of benzene rings is 2. The summed E-state index contributed by atoms with van der Waals surface area (Å²) in [6, 6.07) is 0.282. The van der Waals surface area contributed by atoms with Crippen molar-refractivity contribution >= 4 is 69.8 Å². The number of fused-ring (bicyclic) bond motifs is 2. The molecule has 0 aromatic heterocycles. The number of amides is 7. The van der Waals surface area contributed by atoms with Crippen LogP contribution >= 0.6 is 22.6 Å². The number of nitrogens with zero attached hydrogens (tertiary/aromatic N) is 3. The number of aliphatic hydroxyl groups is 1. The van der Waals surface area contributed by atoms with Crippen molar-refractivity contribution in [3.8, 4) is 0 Å². The Kier molecular flexibility index (Phi) is 14.3. The summed E-state index contributed by atoms with van der Waals surface area (Å²) in [7, 11) is 1.30. The van der Waals surface area contributed by atoms with Crippen LogP contribution < -0.4 is 21.3 Å². The summed E-state index contributed by atoms with van der Waals surface area (Å²) in [4.78, 5) is 101. The van der Waals surface area contributed by atoms with Gasteiger partial charge in [-0.1, -0.05) is 6.92 Å². The molecule has 9 atom stereocenters. The third kappa shape index (κ3) is 10.4. The maximum Gasteiger partial charge on any atom is 0.329 e. The molecule has 0 spiro atoms. The van der Waals surface area contributed by atoms with Crippen molar-refractivity contribution in [1.82, 2.24) is 30.7 Å². The molecule has 0 radical (unpaired) electrons. The van der Waals surface area contributed by atoms with Crippen molar-refractivity contribution in [2.75, 3.05) is 25.5 Å². The first kappa shape index (κ1) is 44.2. The molecule has 3 fully saturated rings. The number of likely N-dealkylation sites (N-methyl/N-ethyl adjacent to an activating group) is 1. The quantitative estimate of drug-likeness (QED) is 0.202. The topological polar surface area (TPSA) is 207 Å². The number of hydrogen-bond acceptors (Lipinski definition) is 9. The second kappa shape index (κ2) is 18.8. The average Bonchev–Trinajstić information content (AvgIpc) is 3.80. The van der Waals surface area contributed by atoms with Crippen molar-refractivity contribution < 1.29 is 52.2 Å². The van der Waals surface area contributed by atoms with E-state index in [9.17, 15) is 47.4 Å². The first-order chi connectivity index (χ1) is 27.3. The predicted molar refractivity (Wildman–Crippen MR) is 213 cm³/mol. The number of hydrogen-bond donors (Lipinski definition) is 5. The van der Waals surface area contributed by atoms with Crippen molar-refractivity contribution in [1.29, 1.82) is 0 Å². The number of anilines is 1. The third-order valence-electron chi connectivity index (χ3n) is 10.5. The predicted octanol–water partition coefficient (Wildman–Crippen LogP) is 1.67. The van der Waals surface area contributed by atoms with Crippen LogP contribution in [0.25, 0.3) is 0 Å². The molecule has 58 heavy (non-hydrogen) atoms. The first-order valence-corrected chi connectivity index (χ1v) is 20.1. The van der Waals surface area contributed by atoms with Crippen LogP contribution in [0.2, 0.25) is 0 Å². The van der Waals surface area contributed by atoms with Crippen LogP contribution in [-0.4, -0.2) is 130 Å². The molecule has 0 saturated carbocycles. The van der Waals surface area contributed by atoms with Crippen LogP contribution in [0.15, 0.2) is 42.5 Å². The zero-order valence-electron chi connectivity index (χ0n) is 32.7. The van der Waals surface area contributed by atoms with E-state index in [4.69, 9.17) is 4.74 Å². The van der Waals surface area contributed by atoms with Gasteiger partial charge >= 0.3 is 12.0 Å². The van der Waals surface area contributed by atoms with Crippen molar-refractivity contribution in [3.05, 3.63) is 63.2 Å². The Balaban J connectivity index is 1.51. The summed E-state index contributed by atoms with van der Waals surface area (Å²) in [5, 5.41) is 20.9. The lowest BCUT2D eigenvalue weighted by atomic mass is 10.0. The van der Waals surface area contributed by atoms with Gasteiger partial charge in [0.25, 0.3) is 0 Å². The number of cyclic esters (lactones) is 1. The van der Waals surface area contributed by atoms with Gasteiger partial charge in [0.15, 0.2) is 0 Å². The van der Waals surface area contributed by atoms with Crippen LogP contribution in [0.3, 0.4) is 0 Å². The highest BCUT2D eigenvalue weighted by molar-refractivity contribution is 14.1. The summed E-state index contributed by atoms with van der Waals surface area (Å²) in [5.41, 5.74) is 0.366. The number of urea groups is 1. The molecule has 2 aromatic rings. The molecule has 0 bridgehead atoms. The normalized spacial score (nSPS) is 26.9. The summed E-state index contributed by atoms with van der Waals surface area (Å²) in [6.45, 7) is 6.07. The summed E-state index contributed by atoms with van der Waals surface area (Å²) >= 11 is 2.08. The van der Waals surface area contributed by atoms with Gasteiger partial charge in [-0.05, 0) is 111 Å². The standard InChI is InChI=1S/C39H48F2IN7O9/c1-19-13-30-38(56)58-22(4)31(46-33(51)28(16-23-14-24(40)17-25(41)15-23)45-39(57)44-27-10-8-26(42)9-11-27)37(55)48-12-6-7-29(48)36(54)47(5)32(21(3)50)34(52)43-20(2)35(53)49(30)18-19/h8-11,14-15,17,19-22,28-32,50H,6-7,12-13,16,18H2,1-5H3,(H,43,52)(H,46,51)(H2,44,45,57)/t19-,20+,21+,22+,28+,29+,30+,31+,32+/m1/s1. The van der Waals surface area contributed by atoms with Gasteiger partial charge in [-0.15, -0.1) is 0 Å². The Bertz CT molecular complexity index is 1900. The van der Waals surface area contributed by atoms with Crippen LogP contribution in [0.1, 0.15) is 52.5 Å². The molecule has 19 heteroatoms. The van der Waals surface area contributed by atoms with Crippen molar-refractivity contribution in [2.24, 2.45) is 5.92 Å². The van der Waals surface area contributed by atoms with E-state index in [1.807, 2.05) is 6.92 Å². The van der Waals surface area contributed by atoms with E-state index >= 15 is 0 Å². The Morgan fingerprint density at radius 3 is 2.26 bits per heavy atom. The third-order valence-corrected chi connectivity index (χ3v) is 11.2. The second-order valence-corrected chi connectivity index (χ2v) is 16.4. The SMILES string of the molecule is C[C@@H]1C[C@H]2C(=O)O[C@@H](C)[C@H](NC(=O)[C@H](Cc3cc(F)cc(F)c3)NC(=O)Nc3ccc(I)cc3)C(=O)N3CCC[C@H]3C(=O)N(C)[C@@H]([C@H](C)O)C(=O)N[C@@H](C)C(=O)N2C1. The maximum atomic E-state index is 14.6. The Morgan fingerprint density at radius 2 is 1.62 bits per heavy atom. The summed E-state index contributed by atoms with van der Waals surface area (Å²) in [6.07, 6.45) is -2.59. The number of halogens is 3. The second-order valence-electron chi connectivity index (χ2n) is 15.2. The van der Waals surface area contributed by atoms with E-state index in [-0.39, 0.29) is 37.4 Å². The van der Waals surface area contributed by atoms with E-state index in [1.54, 1.807) is 24.3 Å². The number of ether oxygens (including phenoxy) is 1. The van der Waals surface area contributed by atoms with Gasteiger partial charge in [0, 0.05) is 41.9 Å². The van der Waals surface area contributed by atoms with Crippen molar-refractivity contribution in [3.63, 3.8) is 0 Å². The van der Waals surface area contributed by atoms with Crippen LogP contribution in [0, 0.1) is 21.1 Å². The minimum absolute atomic E-state index is 0.00436. The summed E-state index contributed by atoms with van der Waals surface area (Å²) in [5.74, 6) is -6.91. The minimum Gasteiger partial charge on any atom is -0.458 e. The molecular formula is C39H48F2IN7O9. The zero-order valence-corrected chi connectivity index (χ0v) is 34.8. The molecule has 5 rings (SSSR count). The Morgan fingerprint density at radius 1 is 0.966 bits per heavy atom. The molecule has 314 valence electrons. The van der Waals surface area contributed by atoms with Crippen molar-refractivity contribution in [2.45, 2.75) is 102 Å². The highest BCUT2D eigenvalue weighted by atomic mass is 127. The number of carbonyl (C=O) groups excluding carboxylic acids is 7. The number of carbonyl (C=O) groups is 7. The molecule has 3 heterocycles. The minimum atomic E-state index is -1.69. The monoisotopic (exact) mass is 923 g/mol. The Hall–Kier alpha value is -4.92. The van der Waals surface area contributed by atoms with E-state index in [0.29, 0.717) is 18.2 Å². The smallest absolute Gasteiger partial charge is 0.329 e. The van der Waals surface area contributed by atoms with E-state index in [1.165, 1.54) is 37.6 Å². The first-order valence-electron chi connectivity index (χ1n) is 19.0. The van der Waals surface area contributed by atoms with Gasteiger partial charge in [-0.2, -0.15) is 0 Å². The zero-order chi connectivity index (χ0) is 42.6. The molecule has 3 aliphatic heterocycles. The molecule has 0 unspecified atom stereocenters. The molecule has 5 N–H and O–H groups in total.